The summed E-state index contributed by atoms with van der Waals surface area (Å²) in [5.41, 5.74) is 5.94. The van der Waals surface area contributed by atoms with Gasteiger partial charge in [-0.3, -0.25) is 9.59 Å². The molecule has 4 heterocycles. The lowest BCUT2D eigenvalue weighted by molar-refractivity contribution is -0.146. The second-order valence-corrected chi connectivity index (χ2v) is 10.5. The number of nitrogens with one attached hydrogen (secondary N) is 3. The fourth-order valence-corrected chi connectivity index (χ4v) is 6.72. The summed E-state index contributed by atoms with van der Waals surface area (Å²) in [6.45, 7) is 3.61. The molecule has 0 spiro atoms. The quantitative estimate of drug-likeness (QED) is 0.329. The highest BCUT2D eigenvalue weighted by molar-refractivity contribution is 5.87. The van der Waals surface area contributed by atoms with Crippen LogP contribution < -0.4 is 5.32 Å². The number of aromatic nitrogens is 2. The third-order valence-electron chi connectivity index (χ3n) is 8.72. The maximum absolute atomic E-state index is 13.0. The summed E-state index contributed by atoms with van der Waals surface area (Å²) in [5.74, 6) is 0.343. The predicted octanol–water partition coefficient (Wildman–Crippen LogP) is 5.40. The van der Waals surface area contributed by atoms with Gasteiger partial charge in [-0.15, -0.1) is 0 Å². The molecule has 0 bridgehead atoms. The number of H-pyrrole nitrogens is 2. The van der Waals surface area contributed by atoms with Crippen LogP contribution in [0.2, 0.25) is 0 Å². The summed E-state index contributed by atoms with van der Waals surface area (Å²) in [4.78, 5) is 35.0. The molecule has 4 aromatic rings. The van der Waals surface area contributed by atoms with Crippen molar-refractivity contribution in [1.82, 2.24) is 20.2 Å². The van der Waals surface area contributed by atoms with Crippen molar-refractivity contribution in [3.63, 3.8) is 0 Å². The topological polar surface area (TPSA) is 81.0 Å². The molecule has 2 aliphatic rings. The van der Waals surface area contributed by atoms with Gasteiger partial charge in [0.25, 0.3) is 0 Å². The van der Waals surface area contributed by atoms with Crippen molar-refractivity contribution in [2.75, 3.05) is 13.1 Å². The molecule has 2 aromatic heterocycles. The van der Waals surface area contributed by atoms with Gasteiger partial charge in [-0.05, 0) is 60.8 Å². The monoisotopic (exact) mass is 482 g/mol. The van der Waals surface area contributed by atoms with Crippen molar-refractivity contribution in [3.05, 3.63) is 71.5 Å². The van der Waals surface area contributed by atoms with Crippen molar-refractivity contribution in [1.29, 1.82) is 0 Å². The van der Waals surface area contributed by atoms with E-state index in [1.165, 1.54) is 27.6 Å². The van der Waals surface area contributed by atoms with Gasteiger partial charge in [0.2, 0.25) is 11.8 Å². The Morgan fingerprint density at radius 3 is 2.69 bits per heavy atom. The Morgan fingerprint density at radius 1 is 1.08 bits per heavy atom. The number of benzene rings is 2. The Morgan fingerprint density at radius 2 is 1.86 bits per heavy atom. The smallest absolute Gasteiger partial charge is 0.223 e. The number of fused-ring (bicyclic) bond motifs is 6. The highest BCUT2D eigenvalue weighted by Crippen LogP contribution is 2.54. The molecule has 6 heteroatoms. The summed E-state index contributed by atoms with van der Waals surface area (Å²) in [6.07, 6.45) is 7.34. The predicted molar refractivity (Wildman–Crippen MR) is 143 cm³/mol. The molecular formula is C30H34N4O2. The molecule has 2 aromatic carbocycles. The molecule has 2 amide bonds. The first kappa shape index (κ1) is 22.9. The fourth-order valence-electron chi connectivity index (χ4n) is 6.72. The summed E-state index contributed by atoms with van der Waals surface area (Å²) in [5, 5.41) is 5.63. The molecule has 6 rings (SSSR count). The minimum Gasteiger partial charge on any atom is -0.361 e. The van der Waals surface area contributed by atoms with Gasteiger partial charge in [-0.2, -0.15) is 0 Å². The van der Waals surface area contributed by atoms with Gasteiger partial charge in [-0.1, -0.05) is 43.3 Å². The molecule has 2 aliphatic heterocycles. The molecule has 0 saturated carbocycles. The first-order valence-corrected chi connectivity index (χ1v) is 13.3. The number of carbonyl (C=O) groups is 2. The minimum atomic E-state index is -0.0991. The molecule has 0 radical (unpaired) electrons. The second-order valence-electron chi connectivity index (χ2n) is 10.5. The number of para-hydroxylation sites is 2. The highest BCUT2D eigenvalue weighted by atomic mass is 16.2. The van der Waals surface area contributed by atoms with E-state index in [4.69, 9.17) is 0 Å². The Labute approximate surface area is 211 Å². The van der Waals surface area contributed by atoms with E-state index in [0.29, 0.717) is 19.4 Å². The van der Waals surface area contributed by atoms with E-state index < -0.39 is 0 Å². The normalized spacial score (nSPS) is 21.5. The number of carbonyl (C=O) groups excluding carboxylic acids is 2. The summed E-state index contributed by atoms with van der Waals surface area (Å²) >= 11 is 0. The van der Waals surface area contributed by atoms with E-state index in [2.05, 4.69) is 63.5 Å². The molecular weight excluding hydrogens is 448 g/mol. The molecule has 0 aliphatic carbocycles. The van der Waals surface area contributed by atoms with Crippen molar-refractivity contribution in [2.45, 2.75) is 57.9 Å². The molecule has 2 atom stereocenters. The second kappa shape index (κ2) is 9.16. The number of hydrogen-bond acceptors (Lipinski definition) is 2. The zero-order valence-corrected chi connectivity index (χ0v) is 20.9. The molecule has 1 fully saturated rings. The number of piperidine rings is 1. The average molecular weight is 483 g/mol. The van der Waals surface area contributed by atoms with E-state index in [1.54, 1.807) is 0 Å². The van der Waals surface area contributed by atoms with E-state index in [-0.39, 0.29) is 23.3 Å². The molecule has 0 unspecified atom stereocenters. The van der Waals surface area contributed by atoms with E-state index in [9.17, 15) is 9.59 Å². The largest absolute Gasteiger partial charge is 0.361 e. The standard InChI is InChI=1S/C30H34N4O2/c1-2-30(15-11-26(35)31-17-13-20-19-32-24-9-5-3-7-21(20)24)16-12-27(36)34-18-14-23-22-8-4-6-10-25(22)33-28(23)29(30)34/h3-10,19,29,32-33H,2,11-18H2,1H3,(H,31,35)/t29-,30-/m1/s1. The average Bonchev–Trinajstić information content (AvgIpc) is 3.50. The van der Waals surface area contributed by atoms with Crippen LogP contribution in [0.15, 0.2) is 54.7 Å². The first-order chi connectivity index (χ1) is 17.6. The summed E-state index contributed by atoms with van der Waals surface area (Å²) in [6, 6.07) is 16.7. The van der Waals surface area contributed by atoms with Crippen LogP contribution >= 0.6 is 0 Å². The molecule has 1 saturated heterocycles. The van der Waals surface area contributed by atoms with Crippen molar-refractivity contribution >= 4 is 33.6 Å². The highest BCUT2D eigenvalue weighted by Gasteiger charge is 2.50. The van der Waals surface area contributed by atoms with Gasteiger partial charge in [-0.25, -0.2) is 0 Å². The zero-order valence-electron chi connectivity index (χ0n) is 20.9. The van der Waals surface area contributed by atoms with Crippen LogP contribution in [0.25, 0.3) is 21.8 Å². The van der Waals surface area contributed by atoms with E-state index in [1.807, 2.05) is 18.3 Å². The fraction of sp³-hybridized carbons (Fsp3) is 0.400. The lowest BCUT2D eigenvalue weighted by atomic mass is 9.65. The van der Waals surface area contributed by atoms with Crippen LogP contribution in [0.5, 0.6) is 0 Å². The summed E-state index contributed by atoms with van der Waals surface area (Å²) < 4.78 is 0. The first-order valence-electron chi connectivity index (χ1n) is 13.3. The van der Waals surface area contributed by atoms with Crippen LogP contribution in [-0.4, -0.2) is 39.8 Å². The van der Waals surface area contributed by atoms with Crippen LogP contribution in [0.3, 0.4) is 0 Å². The molecule has 36 heavy (non-hydrogen) atoms. The third-order valence-corrected chi connectivity index (χ3v) is 8.72. The van der Waals surface area contributed by atoms with Gasteiger partial charge >= 0.3 is 0 Å². The Kier molecular flexibility index (Phi) is 5.82. The number of amides is 2. The number of rotatable bonds is 7. The van der Waals surface area contributed by atoms with Crippen LogP contribution in [0.1, 0.15) is 61.9 Å². The third kappa shape index (κ3) is 3.80. The SMILES string of the molecule is CC[C@@]1(CCC(=O)NCCc2c[nH]c3ccccc23)CCC(=O)N2CCc3c([nH]c4ccccc34)[C@@H]21. The van der Waals surface area contributed by atoms with Crippen LogP contribution in [-0.2, 0) is 22.4 Å². The molecule has 186 valence electrons. The summed E-state index contributed by atoms with van der Waals surface area (Å²) in [7, 11) is 0. The van der Waals surface area contributed by atoms with Gasteiger partial charge < -0.3 is 20.2 Å². The number of nitrogens with zero attached hydrogens (tertiary/aromatic N) is 1. The Balaban J connectivity index is 1.17. The zero-order chi connectivity index (χ0) is 24.7. The van der Waals surface area contributed by atoms with Gasteiger partial charge in [0, 0.05) is 59.6 Å². The number of aromatic amines is 2. The molecule has 6 nitrogen and oxygen atoms in total. The minimum absolute atomic E-state index is 0.0129. The lowest BCUT2D eigenvalue weighted by Crippen LogP contribution is -2.52. The Bertz CT molecular complexity index is 1430. The van der Waals surface area contributed by atoms with Crippen molar-refractivity contribution < 1.29 is 9.59 Å². The lowest BCUT2D eigenvalue weighted by Gasteiger charge is -2.51. The number of hydrogen-bond donors (Lipinski definition) is 3. The van der Waals surface area contributed by atoms with Gasteiger partial charge in [0.15, 0.2) is 0 Å². The van der Waals surface area contributed by atoms with Crippen molar-refractivity contribution in [3.8, 4) is 0 Å². The maximum Gasteiger partial charge on any atom is 0.223 e. The maximum atomic E-state index is 13.0. The van der Waals surface area contributed by atoms with Crippen molar-refractivity contribution in [2.24, 2.45) is 5.41 Å². The Hall–Kier alpha value is -3.54. The van der Waals surface area contributed by atoms with Gasteiger partial charge in [0.1, 0.15) is 0 Å². The van der Waals surface area contributed by atoms with Gasteiger partial charge in [0.05, 0.1) is 6.04 Å². The van der Waals surface area contributed by atoms with Crippen LogP contribution in [0.4, 0.5) is 0 Å². The van der Waals surface area contributed by atoms with Crippen LogP contribution in [0, 0.1) is 5.41 Å². The van der Waals surface area contributed by atoms with E-state index in [0.717, 1.165) is 49.7 Å². The molecule has 3 N–H and O–H groups in total. The van der Waals surface area contributed by atoms with E-state index >= 15 is 0 Å².